The fraction of sp³-hybridized carbons (Fsp3) is 0.556. The topological polar surface area (TPSA) is 76.9 Å². The van der Waals surface area contributed by atoms with Gasteiger partial charge in [-0.15, -0.1) is 17.0 Å². The summed E-state index contributed by atoms with van der Waals surface area (Å²) in [5.41, 5.74) is 3.06. The van der Waals surface area contributed by atoms with Gasteiger partial charge in [-0.1, -0.05) is 11.8 Å². The first-order valence-electron chi connectivity index (χ1n) is 5.21. The monoisotopic (exact) mass is 416 g/mol. The number of amidine groups is 1. The van der Waals surface area contributed by atoms with Crippen LogP contribution >= 0.6 is 28.7 Å². The molecule has 0 spiro atoms. The molecule has 1 aromatic heterocycles. The predicted molar refractivity (Wildman–Crippen MR) is 73.3 cm³/mol. The molecule has 0 bridgehead atoms. The van der Waals surface area contributed by atoms with Crippen LogP contribution in [0.4, 0.5) is 26.3 Å². The summed E-state index contributed by atoms with van der Waals surface area (Å²) in [6.07, 6.45) is -9.56. The molecule has 5 nitrogen and oxygen atoms in total. The number of thioether (sulfide) groups is 1. The molecule has 3 N–H and O–H groups in total. The van der Waals surface area contributed by atoms with Crippen molar-refractivity contribution in [1.29, 1.82) is 5.41 Å². The fourth-order valence-corrected chi connectivity index (χ4v) is 1.95. The van der Waals surface area contributed by atoms with Crippen LogP contribution in [0.25, 0.3) is 0 Å². The maximum Gasteiger partial charge on any atom is 0.435 e. The molecule has 13 heteroatoms. The lowest BCUT2D eigenvalue weighted by Gasteiger charge is -2.11. The summed E-state index contributed by atoms with van der Waals surface area (Å²) < 4.78 is 79.7. The summed E-state index contributed by atoms with van der Waals surface area (Å²) in [7, 11) is 1.03. The first kappa shape index (κ1) is 20.9. The lowest BCUT2D eigenvalue weighted by Crippen LogP contribution is -2.20. The van der Waals surface area contributed by atoms with Crippen molar-refractivity contribution in [1.82, 2.24) is 9.78 Å². The van der Waals surface area contributed by atoms with E-state index < -0.39 is 47.0 Å². The van der Waals surface area contributed by atoms with Crippen LogP contribution in [0.3, 0.4) is 0 Å². The predicted octanol–water partition coefficient (Wildman–Crippen LogP) is 3.08. The van der Waals surface area contributed by atoms with E-state index in [4.69, 9.17) is 11.1 Å². The number of hydrogen-bond acceptors (Lipinski definition) is 4. The van der Waals surface area contributed by atoms with Crippen LogP contribution in [-0.4, -0.2) is 27.7 Å². The van der Waals surface area contributed by atoms with Crippen LogP contribution in [0.5, 0.6) is 5.88 Å². The number of nitrogens with one attached hydrogen (secondary N) is 1. The number of halogens is 7. The van der Waals surface area contributed by atoms with Crippen molar-refractivity contribution in [3.63, 3.8) is 0 Å². The summed E-state index contributed by atoms with van der Waals surface area (Å²) in [5, 5.41) is 9.62. The van der Waals surface area contributed by atoms with Crippen molar-refractivity contribution in [2.75, 3.05) is 6.61 Å². The minimum absolute atomic E-state index is 0. The third-order valence-electron chi connectivity index (χ3n) is 2.10. The second-order valence-corrected chi connectivity index (χ2v) is 4.83. The van der Waals surface area contributed by atoms with E-state index in [-0.39, 0.29) is 17.0 Å². The zero-order valence-electron chi connectivity index (χ0n) is 10.9. The van der Waals surface area contributed by atoms with E-state index in [9.17, 15) is 26.3 Å². The fourth-order valence-electron chi connectivity index (χ4n) is 1.39. The zero-order chi connectivity index (χ0) is 16.4. The van der Waals surface area contributed by atoms with Gasteiger partial charge < -0.3 is 10.5 Å². The zero-order valence-corrected chi connectivity index (χ0v) is 13.4. The standard InChI is InChI=1S/C9H10F6N4OS.BrH/c1-19-6(20-3-8(10,11)12)4(2-21-7(16)17)5(18-19)9(13,14)15;/h2-3H2,1H3,(H3,16,17);1H. The highest BCUT2D eigenvalue weighted by Gasteiger charge is 2.40. The smallest absolute Gasteiger partial charge is 0.435 e. The Bertz CT molecular complexity index is 529. The second kappa shape index (κ2) is 7.44. The molecule has 0 amide bonds. The van der Waals surface area contributed by atoms with Crippen molar-refractivity contribution in [3.05, 3.63) is 11.3 Å². The van der Waals surface area contributed by atoms with Gasteiger partial charge in [0, 0.05) is 12.8 Å². The first-order valence-corrected chi connectivity index (χ1v) is 6.20. The molecule has 0 saturated carbocycles. The van der Waals surface area contributed by atoms with Crippen LogP contribution in [0.1, 0.15) is 11.3 Å². The summed E-state index contributed by atoms with van der Waals surface area (Å²) in [6, 6.07) is 0. The molecule has 0 aliphatic carbocycles. The average molecular weight is 417 g/mol. The van der Waals surface area contributed by atoms with E-state index in [0.717, 1.165) is 7.05 Å². The Morgan fingerprint density at radius 3 is 2.27 bits per heavy atom. The number of nitrogens with two attached hydrogens (primary N) is 1. The van der Waals surface area contributed by atoms with Crippen molar-refractivity contribution in [3.8, 4) is 5.88 Å². The number of rotatable bonds is 4. The highest BCUT2D eigenvalue weighted by Crippen LogP contribution is 2.37. The minimum atomic E-state index is -4.86. The van der Waals surface area contributed by atoms with E-state index in [1.54, 1.807) is 0 Å². The van der Waals surface area contributed by atoms with Crippen LogP contribution < -0.4 is 10.5 Å². The second-order valence-electron chi connectivity index (χ2n) is 3.81. The maximum atomic E-state index is 12.8. The summed E-state index contributed by atoms with van der Waals surface area (Å²) >= 11 is 0.522. The largest absolute Gasteiger partial charge is 0.468 e. The van der Waals surface area contributed by atoms with Gasteiger partial charge in [0.25, 0.3) is 0 Å². The SMILES string of the molecule is Br.Cn1nc(C(F)(F)F)c(CSC(=N)N)c1OCC(F)(F)F. The van der Waals surface area contributed by atoms with Crippen molar-refractivity contribution >= 4 is 33.9 Å². The Kier molecular flexibility index (Phi) is 7.06. The van der Waals surface area contributed by atoms with E-state index in [1.165, 1.54) is 0 Å². The van der Waals surface area contributed by atoms with E-state index in [1.807, 2.05) is 0 Å². The lowest BCUT2D eigenvalue weighted by molar-refractivity contribution is -0.154. The maximum absolute atomic E-state index is 12.8. The Hall–Kier alpha value is -1.11. The summed E-state index contributed by atoms with van der Waals surface area (Å²) in [5.74, 6) is -1.14. The number of alkyl halides is 6. The van der Waals surface area contributed by atoms with Crippen molar-refractivity contribution in [2.24, 2.45) is 12.8 Å². The highest BCUT2D eigenvalue weighted by atomic mass is 79.9. The number of nitrogens with zero attached hydrogens (tertiary/aromatic N) is 2. The summed E-state index contributed by atoms with van der Waals surface area (Å²) in [4.78, 5) is 0. The molecule has 0 radical (unpaired) electrons. The molecule has 0 aliphatic rings. The molecular weight excluding hydrogens is 406 g/mol. The third-order valence-corrected chi connectivity index (χ3v) is 2.85. The normalized spacial score (nSPS) is 12.0. The number of ether oxygens (including phenoxy) is 1. The van der Waals surface area contributed by atoms with Gasteiger partial charge in [0.05, 0.1) is 5.56 Å². The van der Waals surface area contributed by atoms with Crippen LogP contribution in [0.15, 0.2) is 0 Å². The molecule has 0 atom stereocenters. The van der Waals surface area contributed by atoms with Crippen LogP contribution in [0.2, 0.25) is 0 Å². The van der Waals surface area contributed by atoms with Crippen LogP contribution in [0, 0.1) is 5.41 Å². The third kappa shape index (κ3) is 5.94. The first-order chi connectivity index (χ1) is 9.42. The van der Waals surface area contributed by atoms with Gasteiger partial charge in [0.1, 0.15) is 0 Å². The minimum Gasteiger partial charge on any atom is -0.468 e. The average Bonchev–Trinajstić information content (AvgIpc) is 2.59. The van der Waals surface area contributed by atoms with Gasteiger partial charge >= 0.3 is 12.4 Å². The molecule has 1 rings (SSSR count). The molecule has 0 unspecified atom stereocenters. The molecule has 0 aliphatic heterocycles. The molecule has 22 heavy (non-hydrogen) atoms. The number of hydrogen-bond donors (Lipinski definition) is 2. The van der Waals surface area contributed by atoms with Gasteiger partial charge in [-0.2, -0.15) is 31.4 Å². The van der Waals surface area contributed by atoms with E-state index >= 15 is 0 Å². The van der Waals surface area contributed by atoms with Gasteiger partial charge in [0.15, 0.2) is 17.5 Å². The molecule has 0 saturated heterocycles. The highest BCUT2D eigenvalue weighted by molar-refractivity contribution is 8.93. The Balaban J connectivity index is 0.00000441. The Labute approximate surface area is 135 Å². The van der Waals surface area contributed by atoms with Crippen molar-refractivity contribution < 1.29 is 31.1 Å². The molecule has 0 fully saturated rings. The number of aromatic nitrogens is 2. The summed E-state index contributed by atoms with van der Waals surface area (Å²) in [6.45, 7) is -1.75. The Morgan fingerprint density at radius 1 is 1.32 bits per heavy atom. The molecule has 1 heterocycles. The van der Waals surface area contributed by atoms with E-state index in [0.29, 0.717) is 16.4 Å². The number of aryl methyl sites for hydroxylation is 1. The molecule has 128 valence electrons. The van der Waals surface area contributed by atoms with Gasteiger partial charge in [-0.05, 0) is 0 Å². The Morgan fingerprint density at radius 2 is 1.86 bits per heavy atom. The lowest BCUT2D eigenvalue weighted by atomic mass is 10.2. The van der Waals surface area contributed by atoms with Gasteiger partial charge in [0.2, 0.25) is 5.88 Å². The molecular formula is C9H11BrF6N4OS. The van der Waals surface area contributed by atoms with Gasteiger partial charge in [-0.3, -0.25) is 5.41 Å². The van der Waals surface area contributed by atoms with E-state index in [2.05, 4.69) is 9.84 Å². The van der Waals surface area contributed by atoms with Crippen LogP contribution in [-0.2, 0) is 19.0 Å². The molecule has 0 aromatic carbocycles. The van der Waals surface area contributed by atoms with Gasteiger partial charge in [-0.25, -0.2) is 4.68 Å². The van der Waals surface area contributed by atoms with Crippen molar-refractivity contribution in [2.45, 2.75) is 18.1 Å². The molecule has 1 aromatic rings. The quantitative estimate of drug-likeness (QED) is 0.449.